The largest absolute Gasteiger partial charge is 0.417 e. The van der Waals surface area contributed by atoms with Crippen LogP contribution in [0.4, 0.5) is 13.2 Å². The molecule has 1 saturated carbocycles. The van der Waals surface area contributed by atoms with Crippen molar-refractivity contribution in [3.63, 3.8) is 0 Å². The van der Waals surface area contributed by atoms with Crippen molar-refractivity contribution in [3.05, 3.63) is 65.0 Å². The number of amides is 1. The van der Waals surface area contributed by atoms with E-state index < -0.39 is 17.2 Å². The Balaban J connectivity index is 1.28. The van der Waals surface area contributed by atoms with Gasteiger partial charge in [-0.3, -0.25) is 14.7 Å². The molecular formula is C32H42F3N3O3. The number of fused-ring (bicyclic) bond motifs is 1. The van der Waals surface area contributed by atoms with Crippen LogP contribution in [0.5, 0.6) is 0 Å². The molecule has 9 heteroatoms. The molecule has 1 amide bonds. The van der Waals surface area contributed by atoms with Gasteiger partial charge in [0.25, 0.3) is 0 Å². The third kappa shape index (κ3) is 6.78. The van der Waals surface area contributed by atoms with Gasteiger partial charge in [0.2, 0.25) is 5.91 Å². The second-order valence-electron chi connectivity index (χ2n) is 12.1. The zero-order valence-corrected chi connectivity index (χ0v) is 24.2. The Hall–Kier alpha value is -2.49. The third-order valence-electron chi connectivity index (χ3n) is 9.44. The van der Waals surface area contributed by atoms with E-state index in [0.717, 1.165) is 63.6 Å². The number of nitrogens with zero attached hydrogens (tertiary/aromatic N) is 3. The average Bonchev–Trinajstić information content (AvgIpc) is 3.43. The smallest absolute Gasteiger partial charge is 0.381 e. The van der Waals surface area contributed by atoms with Crippen LogP contribution in [0.1, 0.15) is 68.3 Å². The zero-order valence-electron chi connectivity index (χ0n) is 24.2. The maximum atomic E-state index is 14.2. The van der Waals surface area contributed by atoms with Gasteiger partial charge in [0.1, 0.15) is 0 Å². The number of benzene rings is 1. The zero-order chi connectivity index (χ0) is 29.0. The molecule has 1 saturated heterocycles. The summed E-state index contributed by atoms with van der Waals surface area (Å²) in [6.45, 7) is 8.37. The summed E-state index contributed by atoms with van der Waals surface area (Å²) in [7, 11) is 0. The highest BCUT2D eigenvalue weighted by Gasteiger charge is 2.51. The van der Waals surface area contributed by atoms with Crippen LogP contribution in [0.25, 0.3) is 0 Å². The first-order valence-corrected chi connectivity index (χ1v) is 15.0. The van der Waals surface area contributed by atoms with E-state index in [9.17, 15) is 18.0 Å². The maximum Gasteiger partial charge on any atom is 0.417 e. The molecular weight excluding hydrogens is 531 g/mol. The number of pyridine rings is 1. The minimum absolute atomic E-state index is 0.0744. The van der Waals surface area contributed by atoms with Gasteiger partial charge in [0.05, 0.1) is 24.2 Å². The van der Waals surface area contributed by atoms with E-state index in [2.05, 4.69) is 35.9 Å². The van der Waals surface area contributed by atoms with Gasteiger partial charge in [-0.1, -0.05) is 44.2 Å². The van der Waals surface area contributed by atoms with Crippen LogP contribution in [-0.4, -0.2) is 65.7 Å². The van der Waals surface area contributed by atoms with Gasteiger partial charge in [0, 0.05) is 63.2 Å². The van der Waals surface area contributed by atoms with Crippen LogP contribution in [0.15, 0.2) is 42.6 Å². The Morgan fingerprint density at radius 2 is 1.93 bits per heavy atom. The Labute approximate surface area is 241 Å². The average molecular weight is 574 g/mol. The Morgan fingerprint density at radius 3 is 2.63 bits per heavy atom. The lowest BCUT2D eigenvalue weighted by atomic mass is 9.73. The summed E-state index contributed by atoms with van der Waals surface area (Å²) in [5.74, 6) is 0.192. The molecule has 1 aromatic heterocycles. The molecule has 2 aliphatic heterocycles. The van der Waals surface area contributed by atoms with E-state index >= 15 is 0 Å². The van der Waals surface area contributed by atoms with Crippen LogP contribution in [0.2, 0.25) is 0 Å². The summed E-state index contributed by atoms with van der Waals surface area (Å²) < 4.78 is 51.8. The number of hydrogen-bond donors (Lipinski definition) is 0. The van der Waals surface area contributed by atoms with Crippen molar-refractivity contribution < 1.29 is 27.4 Å². The molecule has 2 fully saturated rings. The summed E-state index contributed by atoms with van der Waals surface area (Å²) >= 11 is 0. The summed E-state index contributed by atoms with van der Waals surface area (Å²) in [5, 5.41) is 0. The molecule has 5 rings (SSSR count). The third-order valence-corrected chi connectivity index (χ3v) is 9.44. The van der Waals surface area contributed by atoms with Crippen LogP contribution in [0.3, 0.4) is 0 Å². The first-order valence-electron chi connectivity index (χ1n) is 15.0. The second kappa shape index (κ2) is 12.8. The second-order valence-corrected chi connectivity index (χ2v) is 12.1. The van der Waals surface area contributed by atoms with Crippen LogP contribution >= 0.6 is 0 Å². The van der Waals surface area contributed by atoms with Gasteiger partial charge in [-0.2, -0.15) is 13.2 Å². The number of hydrogen-bond acceptors (Lipinski definition) is 5. The highest BCUT2D eigenvalue weighted by atomic mass is 19.4. The molecule has 2 atom stereocenters. The fourth-order valence-corrected chi connectivity index (χ4v) is 6.98. The molecule has 2 aromatic rings. The number of alkyl halides is 3. The standard InChI is InChI=1S/C32H42F3N3O3/c1-23(2)31(30(39)37-13-9-29-25(21-37)18-26(20-36-29)32(33,34)35)12-8-28(19-31)38(27-10-15-40-16-11-27)14-17-41-22-24-6-4-3-5-7-24/h3-7,18,20,23,27-28H,8-17,19,21-22H2,1-2H3/t28?,31-/m0/s1. The van der Waals surface area contributed by atoms with Gasteiger partial charge in [-0.05, 0) is 55.2 Å². The maximum absolute atomic E-state index is 14.2. The molecule has 0 spiro atoms. The normalized spacial score (nSPS) is 23.8. The number of rotatable bonds is 9. The molecule has 3 aliphatic rings. The molecule has 0 radical (unpaired) electrons. The van der Waals surface area contributed by atoms with Crippen molar-refractivity contribution in [2.75, 3.05) is 32.9 Å². The molecule has 6 nitrogen and oxygen atoms in total. The topological polar surface area (TPSA) is 54.9 Å². The lowest BCUT2D eigenvalue weighted by Crippen LogP contribution is -2.50. The van der Waals surface area contributed by atoms with Gasteiger partial charge < -0.3 is 14.4 Å². The molecule has 224 valence electrons. The first-order chi connectivity index (χ1) is 19.7. The summed E-state index contributed by atoms with van der Waals surface area (Å²) in [4.78, 5) is 22.7. The van der Waals surface area contributed by atoms with Crippen molar-refractivity contribution in [2.24, 2.45) is 11.3 Å². The SMILES string of the molecule is CC(C)[C@]1(C(=O)N2CCc3ncc(C(F)(F)F)cc3C2)CCC(N(CCOCc2ccccc2)C2CCOCC2)C1. The Kier molecular flexibility index (Phi) is 9.36. The Bertz CT molecular complexity index is 1170. The van der Waals surface area contributed by atoms with Crippen molar-refractivity contribution >= 4 is 5.91 Å². The minimum atomic E-state index is -4.45. The predicted molar refractivity (Wildman–Crippen MR) is 150 cm³/mol. The van der Waals surface area contributed by atoms with Gasteiger partial charge in [-0.15, -0.1) is 0 Å². The van der Waals surface area contributed by atoms with Gasteiger partial charge >= 0.3 is 6.18 Å². The number of ether oxygens (including phenoxy) is 2. The van der Waals surface area contributed by atoms with E-state index in [-0.39, 0.29) is 24.4 Å². The number of carbonyl (C=O) groups excluding carboxylic acids is 1. The van der Waals surface area contributed by atoms with Crippen molar-refractivity contribution in [3.8, 4) is 0 Å². The van der Waals surface area contributed by atoms with E-state index in [0.29, 0.717) is 43.5 Å². The Morgan fingerprint density at radius 1 is 1.17 bits per heavy atom. The lowest BCUT2D eigenvalue weighted by Gasteiger charge is -2.42. The molecule has 3 heterocycles. The van der Waals surface area contributed by atoms with E-state index in [1.807, 2.05) is 18.2 Å². The van der Waals surface area contributed by atoms with Crippen molar-refractivity contribution in [1.82, 2.24) is 14.8 Å². The molecule has 41 heavy (non-hydrogen) atoms. The number of aromatic nitrogens is 1. The van der Waals surface area contributed by atoms with Crippen LogP contribution in [0, 0.1) is 11.3 Å². The van der Waals surface area contributed by atoms with Crippen LogP contribution in [-0.2, 0) is 40.0 Å². The lowest BCUT2D eigenvalue weighted by molar-refractivity contribution is -0.146. The first kappa shape index (κ1) is 30.0. The van der Waals surface area contributed by atoms with E-state index in [1.54, 1.807) is 4.90 Å². The number of carbonyl (C=O) groups is 1. The van der Waals surface area contributed by atoms with Crippen molar-refractivity contribution in [1.29, 1.82) is 0 Å². The molecule has 1 unspecified atom stereocenters. The monoisotopic (exact) mass is 573 g/mol. The van der Waals surface area contributed by atoms with E-state index in [4.69, 9.17) is 9.47 Å². The molecule has 1 aliphatic carbocycles. The summed E-state index contributed by atoms with van der Waals surface area (Å²) in [6, 6.07) is 12.0. The quantitative estimate of drug-likeness (QED) is 0.351. The van der Waals surface area contributed by atoms with E-state index in [1.165, 1.54) is 6.07 Å². The molecule has 0 bridgehead atoms. The molecule has 0 N–H and O–H groups in total. The van der Waals surface area contributed by atoms with Crippen molar-refractivity contribution in [2.45, 2.75) is 83.8 Å². The fraction of sp³-hybridized carbons (Fsp3) is 0.625. The highest BCUT2D eigenvalue weighted by molar-refractivity contribution is 5.83. The predicted octanol–water partition coefficient (Wildman–Crippen LogP) is 5.88. The fourth-order valence-electron chi connectivity index (χ4n) is 6.98. The summed E-state index contributed by atoms with van der Waals surface area (Å²) in [6.07, 6.45) is 1.32. The van der Waals surface area contributed by atoms with Gasteiger partial charge in [-0.25, -0.2) is 0 Å². The molecule has 1 aromatic carbocycles. The van der Waals surface area contributed by atoms with Gasteiger partial charge in [0.15, 0.2) is 0 Å². The van der Waals surface area contributed by atoms with Crippen LogP contribution < -0.4 is 0 Å². The number of halogens is 3. The summed E-state index contributed by atoms with van der Waals surface area (Å²) in [5.41, 5.74) is 1.02. The minimum Gasteiger partial charge on any atom is -0.381 e. The highest BCUT2D eigenvalue weighted by Crippen LogP contribution is 2.48.